The van der Waals surface area contributed by atoms with Crippen LogP contribution in [0.4, 0.5) is 0 Å². The minimum atomic E-state index is -0.208. The maximum absolute atomic E-state index is 6.36. The van der Waals surface area contributed by atoms with E-state index in [1.54, 1.807) is 0 Å². The zero-order valence-electron chi connectivity index (χ0n) is 31.1. The topological polar surface area (TPSA) is 56.7 Å². The number of nitrogens with zero attached hydrogens (tertiary/aromatic N) is 4. The van der Waals surface area contributed by atoms with Crippen LogP contribution in [-0.2, 0) is 5.41 Å². The summed E-state index contributed by atoms with van der Waals surface area (Å²) in [7, 11) is 0. The van der Waals surface area contributed by atoms with Crippen molar-refractivity contribution in [2.24, 2.45) is 0 Å². The van der Waals surface area contributed by atoms with Crippen LogP contribution in [0.25, 0.3) is 94.7 Å². The minimum Gasteiger partial charge on any atom is -0.456 e. The van der Waals surface area contributed by atoms with Crippen molar-refractivity contribution in [3.05, 3.63) is 168 Å². The first-order valence-electron chi connectivity index (χ1n) is 18.8. The van der Waals surface area contributed by atoms with Gasteiger partial charge in [-0.05, 0) is 96.8 Å². The van der Waals surface area contributed by atoms with Crippen LogP contribution >= 0.6 is 0 Å². The zero-order valence-corrected chi connectivity index (χ0v) is 31.1. The van der Waals surface area contributed by atoms with Crippen molar-refractivity contribution in [3.63, 3.8) is 0 Å². The molecule has 3 aromatic heterocycles. The highest BCUT2D eigenvalue weighted by molar-refractivity contribution is 6.13. The Labute approximate surface area is 318 Å². The van der Waals surface area contributed by atoms with E-state index in [1.165, 1.54) is 55.2 Å². The van der Waals surface area contributed by atoms with Crippen molar-refractivity contribution in [1.29, 1.82) is 0 Å². The average Bonchev–Trinajstić information content (AvgIpc) is 3.81. The molecular weight excluding hydrogens is 673 g/mol. The molecule has 262 valence electrons. The van der Waals surface area contributed by atoms with Crippen molar-refractivity contribution >= 4 is 43.7 Å². The predicted octanol–water partition coefficient (Wildman–Crippen LogP) is 12.8. The van der Waals surface area contributed by atoms with Crippen molar-refractivity contribution in [3.8, 4) is 51.0 Å². The fraction of sp³-hybridized carbons (Fsp3) is 0.100. The monoisotopic (exact) mass is 708 g/mol. The fourth-order valence-electron chi connectivity index (χ4n) is 8.62. The molecular formula is C50H36N4O. The molecule has 7 aromatic carbocycles. The van der Waals surface area contributed by atoms with E-state index in [1.807, 2.05) is 6.07 Å². The highest BCUT2D eigenvalue weighted by atomic mass is 16.3. The van der Waals surface area contributed by atoms with E-state index >= 15 is 0 Å². The molecule has 0 saturated carbocycles. The summed E-state index contributed by atoms with van der Waals surface area (Å²) in [6, 6.07) is 51.9. The number of aryl methyl sites for hydroxylation is 2. The van der Waals surface area contributed by atoms with E-state index in [4.69, 9.17) is 19.4 Å². The Morgan fingerprint density at radius 3 is 1.58 bits per heavy atom. The number of hydrogen-bond donors (Lipinski definition) is 0. The summed E-state index contributed by atoms with van der Waals surface area (Å²) in [4.78, 5) is 15.0. The van der Waals surface area contributed by atoms with Crippen LogP contribution in [0, 0.1) is 13.8 Å². The molecule has 0 spiro atoms. The van der Waals surface area contributed by atoms with Gasteiger partial charge in [-0.25, -0.2) is 15.0 Å². The van der Waals surface area contributed by atoms with Gasteiger partial charge in [0.1, 0.15) is 11.2 Å². The second-order valence-corrected chi connectivity index (χ2v) is 15.5. The molecule has 11 rings (SSSR count). The molecule has 0 atom stereocenters. The number of rotatable bonds is 4. The second-order valence-electron chi connectivity index (χ2n) is 15.5. The van der Waals surface area contributed by atoms with Gasteiger partial charge in [-0.1, -0.05) is 110 Å². The van der Waals surface area contributed by atoms with Gasteiger partial charge in [0.05, 0.1) is 11.0 Å². The molecule has 1 aliphatic rings. The maximum atomic E-state index is 6.36. The van der Waals surface area contributed by atoms with E-state index in [9.17, 15) is 0 Å². The highest BCUT2D eigenvalue weighted by Gasteiger charge is 2.37. The van der Waals surface area contributed by atoms with Gasteiger partial charge in [-0.3, -0.25) is 0 Å². The Balaban J connectivity index is 1.06. The standard InChI is InChI=1S/C50H36N4O/c1-29-13-17-31(18-14-29)47-51-48(32-19-15-30(2)16-20-32)53-49(52-47)33-21-23-34(24-22-33)54-43-11-7-5-9-35(43)39-25-37-38-26-40-36-10-6-8-12-45(36)55-46(40)28-42(38)50(3,4)41(37)27-44(39)54/h5-28H,1-4H3. The summed E-state index contributed by atoms with van der Waals surface area (Å²) in [6.45, 7) is 8.85. The van der Waals surface area contributed by atoms with Crippen LogP contribution in [0.15, 0.2) is 150 Å². The summed E-state index contributed by atoms with van der Waals surface area (Å²) in [6.07, 6.45) is 0. The Morgan fingerprint density at radius 2 is 0.964 bits per heavy atom. The van der Waals surface area contributed by atoms with Gasteiger partial charge < -0.3 is 8.98 Å². The molecule has 0 amide bonds. The average molecular weight is 709 g/mol. The largest absolute Gasteiger partial charge is 0.456 e. The van der Waals surface area contributed by atoms with Gasteiger partial charge in [0, 0.05) is 49.3 Å². The third kappa shape index (κ3) is 4.82. The van der Waals surface area contributed by atoms with Crippen LogP contribution in [0.1, 0.15) is 36.1 Å². The number of para-hydroxylation sites is 2. The summed E-state index contributed by atoms with van der Waals surface area (Å²) in [5.41, 5.74) is 15.6. The molecule has 0 N–H and O–H groups in total. The van der Waals surface area contributed by atoms with Crippen LogP contribution in [0.5, 0.6) is 0 Å². The van der Waals surface area contributed by atoms with E-state index in [0.29, 0.717) is 17.5 Å². The molecule has 0 unspecified atom stereocenters. The first-order valence-corrected chi connectivity index (χ1v) is 18.8. The lowest BCUT2D eigenvalue weighted by Crippen LogP contribution is -2.15. The lowest BCUT2D eigenvalue weighted by Gasteiger charge is -2.21. The van der Waals surface area contributed by atoms with Gasteiger partial charge >= 0.3 is 0 Å². The molecule has 0 saturated heterocycles. The van der Waals surface area contributed by atoms with E-state index < -0.39 is 0 Å². The molecule has 0 radical (unpaired) electrons. The predicted molar refractivity (Wildman–Crippen MR) is 225 cm³/mol. The lowest BCUT2D eigenvalue weighted by atomic mass is 9.82. The molecule has 0 bridgehead atoms. The first-order chi connectivity index (χ1) is 26.8. The van der Waals surface area contributed by atoms with Crippen LogP contribution in [-0.4, -0.2) is 19.5 Å². The minimum absolute atomic E-state index is 0.208. The fourth-order valence-corrected chi connectivity index (χ4v) is 8.62. The third-order valence-corrected chi connectivity index (χ3v) is 11.6. The molecule has 5 heteroatoms. The Bertz CT molecular complexity index is 3100. The van der Waals surface area contributed by atoms with Crippen molar-refractivity contribution < 1.29 is 4.42 Å². The van der Waals surface area contributed by atoms with Crippen molar-refractivity contribution in [1.82, 2.24) is 19.5 Å². The number of benzene rings is 7. The van der Waals surface area contributed by atoms with Crippen molar-refractivity contribution in [2.45, 2.75) is 33.1 Å². The van der Waals surface area contributed by atoms with Gasteiger partial charge in [0.2, 0.25) is 0 Å². The van der Waals surface area contributed by atoms with Crippen LogP contribution in [0.3, 0.4) is 0 Å². The highest BCUT2D eigenvalue weighted by Crippen LogP contribution is 2.53. The van der Waals surface area contributed by atoms with Gasteiger partial charge in [-0.15, -0.1) is 0 Å². The SMILES string of the molecule is Cc1ccc(-c2nc(-c3ccc(C)cc3)nc(-c3ccc(-n4c5ccccc5c5cc6c(cc54)C(C)(C)c4cc5oc7ccccc7c5cc4-6)cc3)n2)cc1. The molecule has 10 aromatic rings. The van der Waals surface area contributed by atoms with E-state index in [0.717, 1.165) is 44.3 Å². The molecule has 55 heavy (non-hydrogen) atoms. The number of furan rings is 1. The number of aromatic nitrogens is 4. The summed E-state index contributed by atoms with van der Waals surface area (Å²) < 4.78 is 8.76. The summed E-state index contributed by atoms with van der Waals surface area (Å²) in [5.74, 6) is 1.96. The third-order valence-electron chi connectivity index (χ3n) is 11.6. The van der Waals surface area contributed by atoms with E-state index in [-0.39, 0.29) is 5.41 Å². The lowest BCUT2D eigenvalue weighted by molar-refractivity contribution is 0.647. The summed E-state index contributed by atoms with van der Waals surface area (Å²) >= 11 is 0. The smallest absolute Gasteiger partial charge is 0.164 e. The Morgan fingerprint density at radius 1 is 0.455 bits per heavy atom. The Hall–Kier alpha value is -6.85. The van der Waals surface area contributed by atoms with Crippen molar-refractivity contribution in [2.75, 3.05) is 0 Å². The molecule has 3 heterocycles. The number of hydrogen-bond acceptors (Lipinski definition) is 4. The molecule has 0 aliphatic heterocycles. The zero-order chi connectivity index (χ0) is 37.0. The quantitative estimate of drug-likeness (QED) is 0.183. The molecule has 5 nitrogen and oxygen atoms in total. The van der Waals surface area contributed by atoms with Gasteiger partial charge in [-0.2, -0.15) is 0 Å². The molecule has 0 fully saturated rings. The Kier molecular flexibility index (Phi) is 6.66. The maximum Gasteiger partial charge on any atom is 0.164 e. The second kappa shape index (κ2) is 11.6. The molecule has 1 aliphatic carbocycles. The number of fused-ring (bicyclic) bond motifs is 9. The van der Waals surface area contributed by atoms with E-state index in [2.05, 4.69) is 172 Å². The van der Waals surface area contributed by atoms with Gasteiger partial charge in [0.25, 0.3) is 0 Å². The van der Waals surface area contributed by atoms with Gasteiger partial charge in [0.15, 0.2) is 17.5 Å². The van der Waals surface area contributed by atoms with Crippen LogP contribution in [0.2, 0.25) is 0 Å². The van der Waals surface area contributed by atoms with Crippen LogP contribution < -0.4 is 0 Å². The summed E-state index contributed by atoms with van der Waals surface area (Å²) in [5, 5.41) is 4.79. The normalized spacial score (nSPS) is 13.2. The first kappa shape index (κ1) is 31.7.